The first-order chi connectivity index (χ1) is 15.2. The Bertz CT molecular complexity index is 992. The molecule has 0 aromatic carbocycles. The summed E-state index contributed by atoms with van der Waals surface area (Å²) in [5.41, 5.74) is 2.05. The number of pyridine rings is 2. The van der Waals surface area contributed by atoms with E-state index < -0.39 is 36.5 Å². The molecule has 11 heteroatoms. The van der Waals surface area contributed by atoms with E-state index in [1.165, 1.54) is 6.07 Å². The van der Waals surface area contributed by atoms with E-state index in [1.54, 1.807) is 39.8 Å². The van der Waals surface area contributed by atoms with Crippen LogP contribution in [-0.2, 0) is 11.2 Å². The fraction of sp³-hybridized carbons (Fsp3) is 0.455. The lowest BCUT2D eigenvalue weighted by Crippen LogP contribution is -2.41. The molecule has 2 heterocycles. The standard InChI is InChI=1S/C22H24F5N3O3/c1-12(2)18(31)9-17-8-16(7-13(3)29-17)14(4)30-20(32)15-5-6-19(28-10-15)33-11-21(23,24)22(25,26)27/h5-8,10,12,14H,9,11H2,1-4H3,(H,30,32). The van der Waals surface area contributed by atoms with Gasteiger partial charge in [0.05, 0.1) is 11.6 Å². The van der Waals surface area contributed by atoms with Crippen molar-refractivity contribution >= 4 is 11.7 Å². The van der Waals surface area contributed by atoms with Crippen molar-refractivity contribution in [3.05, 3.63) is 53.0 Å². The molecule has 6 nitrogen and oxygen atoms in total. The molecule has 2 aromatic heterocycles. The fourth-order valence-electron chi connectivity index (χ4n) is 2.70. The lowest BCUT2D eigenvalue weighted by atomic mass is 10.0. The number of nitrogens with zero attached hydrogens (tertiary/aromatic N) is 2. The Balaban J connectivity index is 2.03. The van der Waals surface area contributed by atoms with Crippen molar-refractivity contribution in [1.29, 1.82) is 0 Å². The van der Waals surface area contributed by atoms with Crippen LogP contribution >= 0.6 is 0 Å². The fourth-order valence-corrected chi connectivity index (χ4v) is 2.70. The third-order valence-electron chi connectivity index (χ3n) is 4.69. The number of carbonyl (C=O) groups excluding carboxylic acids is 2. The molecular weight excluding hydrogens is 449 g/mol. The molecule has 2 aromatic rings. The van der Waals surface area contributed by atoms with Crippen LogP contribution in [0.1, 0.15) is 54.1 Å². The molecule has 1 amide bonds. The Morgan fingerprint density at radius 2 is 1.76 bits per heavy atom. The lowest BCUT2D eigenvalue weighted by molar-refractivity contribution is -0.290. The van der Waals surface area contributed by atoms with Crippen LogP contribution in [0.15, 0.2) is 30.5 Å². The number of aromatic nitrogens is 2. The molecule has 2 rings (SSSR count). The maximum atomic E-state index is 12.9. The second kappa shape index (κ2) is 10.2. The van der Waals surface area contributed by atoms with Gasteiger partial charge >= 0.3 is 12.1 Å². The third-order valence-corrected chi connectivity index (χ3v) is 4.69. The van der Waals surface area contributed by atoms with E-state index in [9.17, 15) is 31.5 Å². The van der Waals surface area contributed by atoms with Gasteiger partial charge in [-0.1, -0.05) is 13.8 Å². The number of hydrogen-bond acceptors (Lipinski definition) is 5. The number of nitrogens with one attached hydrogen (secondary N) is 1. The number of ether oxygens (including phenoxy) is 1. The Hall–Kier alpha value is -3.11. The molecule has 1 atom stereocenters. The summed E-state index contributed by atoms with van der Waals surface area (Å²) in [4.78, 5) is 32.5. The zero-order chi connectivity index (χ0) is 25.0. The number of alkyl halides is 5. The van der Waals surface area contributed by atoms with Crippen LogP contribution in [0.3, 0.4) is 0 Å². The van der Waals surface area contributed by atoms with Crippen LogP contribution in [0, 0.1) is 12.8 Å². The van der Waals surface area contributed by atoms with Crippen LogP contribution in [0.4, 0.5) is 22.0 Å². The molecule has 0 saturated carbocycles. The Morgan fingerprint density at radius 1 is 1.09 bits per heavy atom. The zero-order valence-corrected chi connectivity index (χ0v) is 18.5. The Morgan fingerprint density at radius 3 is 2.30 bits per heavy atom. The summed E-state index contributed by atoms with van der Waals surface area (Å²) in [7, 11) is 0. The zero-order valence-electron chi connectivity index (χ0n) is 18.5. The predicted molar refractivity (Wildman–Crippen MR) is 109 cm³/mol. The van der Waals surface area contributed by atoms with Gasteiger partial charge in [-0.25, -0.2) is 4.98 Å². The van der Waals surface area contributed by atoms with Gasteiger partial charge in [0.15, 0.2) is 6.61 Å². The number of carbonyl (C=O) groups is 2. The number of rotatable bonds is 9. The van der Waals surface area contributed by atoms with Gasteiger partial charge in [0.2, 0.25) is 5.88 Å². The largest absolute Gasteiger partial charge is 0.471 e. The molecule has 1 unspecified atom stereocenters. The van der Waals surface area contributed by atoms with Gasteiger partial charge in [0.1, 0.15) is 5.78 Å². The highest BCUT2D eigenvalue weighted by Crippen LogP contribution is 2.35. The first-order valence-electron chi connectivity index (χ1n) is 10.0. The van der Waals surface area contributed by atoms with Crippen molar-refractivity contribution in [2.75, 3.05) is 6.61 Å². The maximum Gasteiger partial charge on any atom is 0.456 e. The minimum Gasteiger partial charge on any atom is -0.471 e. The van der Waals surface area contributed by atoms with Gasteiger partial charge in [-0.2, -0.15) is 22.0 Å². The highest BCUT2D eigenvalue weighted by molar-refractivity contribution is 5.94. The first-order valence-corrected chi connectivity index (χ1v) is 10.0. The number of hydrogen-bond donors (Lipinski definition) is 1. The summed E-state index contributed by atoms with van der Waals surface area (Å²) in [5.74, 6) is -6.14. The van der Waals surface area contributed by atoms with E-state index in [-0.39, 0.29) is 23.7 Å². The molecule has 0 aliphatic rings. The lowest BCUT2D eigenvalue weighted by Gasteiger charge is -2.19. The van der Waals surface area contributed by atoms with Crippen LogP contribution in [0.25, 0.3) is 0 Å². The normalized spacial score (nSPS) is 13.0. The summed E-state index contributed by atoms with van der Waals surface area (Å²) >= 11 is 0. The quantitative estimate of drug-likeness (QED) is 0.538. The molecular formula is C22H24F5N3O3. The van der Waals surface area contributed by atoms with E-state index >= 15 is 0 Å². The molecule has 0 saturated heterocycles. The van der Waals surface area contributed by atoms with E-state index in [0.717, 1.165) is 17.8 Å². The molecule has 0 spiro atoms. The van der Waals surface area contributed by atoms with Gasteiger partial charge in [0.25, 0.3) is 5.91 Å². The molecule has 0 fully saturated rings. The molecule has 0 radical (unpaired) electrons. The smallest absolute Gasteiger partial charge is 0.456 e. The first kappa shape index (κ1) is 26.1. The summed E-state index contributed by atoms with van der Waals surface area (Å²) in [6.07, 6.45) is -4.56. The number of aryl methyl sites for hydroxylation is 1. The molecule has 0 bridgehead atoms. The van der Waals surface area contributed by atoms with Crippen molar-refractivity contribution in [3.8, 4) is 5.88 Å². The maximum absolute atomic E-state index is 12.9. The van der Waals surface area contributed by atoms with E-state index in [0.29, 0.717) is 11.4 Å². The number of Topliss-reactive ketones (excluding diaryl/α,β-unsaturated/α-hetero) is 1. The highest BCUT2D eigenvalue weighted by Gasteiger charge is 2.58. The molecule has 0 aliphatic heterocycles. The number of ketones is 1. The van der Waals surface area contributed by atoms with Gasteiger partial charge in [-0.05, 0) is 37.6 Å². The number of amides is 1. The van der Waals surface area contributed by atoms with Crippen molar-refractivity contribution in [3.63, 3.8) is 0 Å². The van der Waals surface area contributed by atoms with Gasteiger partial charge < -0.3 is 10.1 Å². The van der Waals surface area contributed by atoms with E-state index in [1.807, 2.05) is 0 Å². The summed E-state index contributed by atoms with van der Waals surface area (Å²) in [5, 5.41) is 2.74. The van der Waals surface area contributed by atoms with Crippen molar-refractivity contribution in [2.24, 2.45) is 5.92 Å². The molecule has 0 aliphatic carbocycles. The van der Waals surface area contributed by atoms with E-state index in [2.05, 4.69) is 20.0 Å². The van der Waals surface area contributed by atoms with Crippen LogP contribution in [-0.4, -0.2) is 40.4 Å². The average molecular weight is 473 g/mol. The van der Waals surface area contributed by atoms with E-state index in [4.69, 9.17) is 0 Å². The minimum absolute atomic E-state index is 0.0390. The van der Waals surface area contributed by atoms with Crippen LogP contribution < -0.4 is 10.1 Å². The second-order valence-electron chi connectivity index (χ2n) is 7.90. The third kappa shape index (κ3) is 7.19. The highest BCUT2D eigenvalue weighted by atomic mass is 19.4. The van der Waals surface area contributed by atoms with Gasteiger partial charge in [-0.15, -0.1) is 0 Å². The number of halogens is 5. The average Bonchev–Trinajstić information content (AvgIpc) is 2.71. The summed E-state index contributed by atoms with van der Waals surface area (Å²) in [6, 6.07) is 5.26. The Labute approximate surface area is 187 Å². The topological polar surface area (TPSA) is 81.2 Å². The van der Waals surface area contributed by atoms with Gasteiger partial charge in [0, 0.05) is 36.0 Å². The summed E-state index contributed by atoms with van der Waals surface area (Å²) in [6.45, 7) is 5.18. The van der Waals surface area contributed by atoms with Crippen molar-refractivity contribution < 1.29 is 36.3 Å². The molecule has 33 heavy (non-hydrogen) atoms. The summed E-state index contributed by atoms with van der Waals surface area (Å²) < 4.78 is 66.8. The molecule has 180 valence electrons. The van der Waals surface area contributed by atoms with Crippen LogP contribution in [0.2, 0.25) is 0 Å². The SMILES string of the molecule is Cc1cc(C(C)NC(=O)c2ccc(OCC(F)(F)C(F)(F)F)nc2)cc(CC(=O)C(C)C)n1. The second-order valence-corrected chi connectivity index (χ2v) is 7.90. The van der Waals surface area contributed by atoms with Crippen LogP contribution in [0.5, 0.6) is 5.88 Å². The predicted octanol–water partition coefficient (Wildman–Crippen LogP) is 4.62. The molecule has 1 N–H and O–H groups in total. The Kier molecular flexibility index (Phi) is 8.10. The monoisotopic (exact) mass is 473 g/mol. The van der Waals surface area contributed by atoms with Gasteiger partial charge in [-0.3, -0.25) is 14.6 Å². The minimum atomic E-state index is -5.74. The van der Waals surface area contributed by atoms with Crippen molar-refractivity contribution in [1.82, 2.24) is 15.3 Å². The van der Waals surface area contributed by atoms with Crippen molar-refractivity contribution in [2.45, 2.75) is 52.3 Å².